The van der Waals surface area contributed by atoms with Gasteiger partial charge < -0.3 is 0 Å². The molecule has 0 saturated heterocycles. The Bertz CT molecular complexity index is 572. The molecular formula is C14H8BrCl. The lowest BCUT2D eigenvalue weighted by Gasteiger charge is -2.08. The summed E-state index contributed by atoms with van der Waals surface area (Å²) in [4.78, 5) is 0. The van der Waals surface area contributed by atoms with E-state index in [-0.39, 0.29) is 0 Å². The van der Waals surface area contributed by atoms with Crippen molar-refractivity contribution in [3.05, 3.63) is 58.0 Å². The highest BCUT2D eigenvalue weighted by atomic mass is 79.9. The fraction of sp³-hybridized carbons (Fsp3) is 0. The van der Waals surface area contributed by atoms with Crippen molar-refractivity contribution in [1.29, 1.82) is 0 Å². The van der Waals surface area contributed by atoms with Gasteiger partial charge in [0.05, 0.1) is 5.02 Å². The largest absolute Gasteiger partial charge is 0.0830 e. The minimum Gasteiger partial charge on any atom is -0.0830 e. The molecule has 0 aliphatic rings. The summed E-state index contributed by atoms with van der Waals surface area (Å²) in [5.41, 5.74) is 0. The number of halogens is 2. The standard InChI is InChI=1S/C14H8BrCl/c15-13-9-5-1-3-7-11(9)14(16)12-8-4-2-6-10(12)13/h1-8H. The maximum Gasteiger partial charge on any atom is 0.0563 e. The van der Waals surface area contributed by atoms with Crippen LogP contribution in [0.3, 0.4) is 0 Å². The number of hydrogen-bond acceptors (Lipinski definition) is 0. The van der Waals surface area contributed by atoms with Gasteiger partial charge in [0.1, 0.15) is 0 Å². The monoisotopic (exact) mass is 290 g/mol. The van der Waals surface area contributed by atoms with Gasteiger partial charge in [0, 0.05) is 15.2 Å². The molecule has 16 heavy (non-hydrogen) atoms. The Morgan fingerprint density at radius 3 is 1.50 bits per heavy atom. The van der Waals surface area contributed by atoms with Gasteiger partial charge >= 0.3 is 0 Å². The van der Waals surface area contributed by atoms with E-state index in [1.165, 1.54) is 0 Å². The molecule has 0 bridgehead atoms. The Morgan fingerprint density at radius 2 is 1.06 bits per heavy atom. The lowest BCUT2D eigenvalue weighted by molar-refractivity contribution is 1.74. The van der Waals surface area contributed by atoms with Gasteiger partial charge in [0.2, 0.25) is 0 Å². The zero-order chi connectivity index (χ0) is 11.1. The van der Waals surface area contributed by atoms with Crippen LogP contribution in [0.2, 0.25) is 5.02 Å². The van der Waals surface area contributed by atoms with Gasteiger partial charge in [-0.25, -0.2) is 0 Å². The number of rotatable bonds is 0. The minimum absolute atomic E-state index is 0.828. The van der Waals surface area contributed by atoms with Crippen molar-refractivity contribution in [3.63, 3.8) is 0 Å². The van der Waals surface area contributed by atoms with Crippen molar-refractivity contribution >= 4 is 49.1 Å². The highest BCUT2D eigenvalue weighted by Crippen LogP contribution is 2.38. The van der Waals surface area contributed by atoms with Crippen molar-refractivity contribution in [2.24, 2.45) is 0 Å². The SMILES string of the molecule is Clc1c2ccccc2c(Br)c2ccccc12. The van der Waals surface area contributed by atoms with E-state index in [0.29, 0.717) is 0 Å². The van der Waals surface area contributed by atoms with Crippen LogP contribution in [0.4, 0.5) is 0 Å². The second-order valence-corrected chi connectivity index (χ2v) is 4.89. The number of fused-ring (bicyclic) bond motifs is 2. The topological polar surface area (TPSA) is 0 Å². The van der Waals surface area contributed by atoms with Crippen LogP contribution >= 0.6 is 27.5 Å². The van der Waals surface area contributed by atoms with E-state index in [9.17, 15) is 0 Å². The summed E-state index contributed by atoms with van der Waals surface area (Å²) in [6.45, 7) is 0. The van der Waals surface area contributed by atoms with Gasteiger partial charge in [0.25, 0.3) is 0 Å². The molecule has 3 aromatic carbocycles. The summed E-state index contributed by atoms with van der Waals surface area (Å²) in [5.74, 6) is 0. The Labute approximate surface area is 107 Å². The summed E-state index contributed by atoms with van der Waals surface area (Å²) in [6, 6.07) is 16.3. The van der Waals surface area contributed by atoms with E-state index in [4.69, 9.17) is 11.6 Å². The number of hydrogen-bond donors (Lipinski definition) is 0. The van der Waals surface area contributed by atoms with E-state index < -0.39 is 0 Å². The van der Waals surface area contributed by atoms with Crippen molar-refractivity contribution in [2.45, 2.75) is 0 Å². The Balaban J connectivity index is 2.67. The average molecular weight is 292 g/mol. The Morgan fingerprint density at radius 1 is 0.688 bits per heavy atom. The number of benzene rings is 3. The third-order valence-electron chi connectivity index (χ3n) is 2.80. The van der Waals surface area contributed by atoms with Crippen LogP contribution < -0.4 is 0 Å². The summed E-state index contributed by atoms with van der Waals surface area (Å²) >= 11 is 10.1. The molecule has 0 atom stereocenters. The van der Waals surface area contributed by atoms with Gasteiger partial charge in [-0.15, -0.1) is 0 Å². The van der Waals surface area contributed by atoms with Crippen LogP contribution in [0.5, 0.6) is 0 Å². The molecule has 0 aliphatic heterocycles. The third-order valence-corrected chi connectivity index (χ3v) is 4.06. The molecule has 0 aromatic heterocycles. The lowest BCUT2D eigenvalue weighted by Crippen LogP contribution is -1.81. The average Bonchev–Trinajstić information content (AvgIpc) is 2.36. The molecule has 0 aliphatic carbocycles. The summed E-state index contributed by atoms with van der Waals surface area (Å²) in [6.07, 6.45) is 0. The first-order valence-corrected chi connectivity index (χ1v) is 6.20. The summed E-state index contributed by atoms with van der Waals surface area (Å²) < 4.78 is 1.11. The lowest BCUT2D eigenvalue weighted by atomic mass is 10.0. The smallest absolute Gasteiger partial charge is 0.0563 e. The first-order chi connectivity index (χ1) is 7.79. The van der Waals surface area contributed by atoms with Crippen molar-refractivity contribution < 1.29 is 0 Å². The molecule has 3 aromatic rings. The Hall–Kier alpha value is -1.05. The Kier molecular flexibility index (Phi) is 2.38. The van der Waals surface area contributed by atoms with E-state index in [1.807, 2.05) is 24.3 Å². The maximum absolute atomic E-state index is 6.43. The normalized spacial score (nSPS) is 11.1. The second kappa shape index (κ2) is 3.76. The van der Waals surface area contributed by atoms with E-state index >= 15 is 0 Å². The summed E-state index contributed by atoms with van der Waals surface area (Å²) in [5, 5.41) is 5.33. The molecule has 0 unspecified atom stereocenters. The second-order valence-electron chi connectivity index (χ2n) is 3.72. The molecule has 0 nitrogen and oxygen atoms in total. The molecule has 0 spiro atoms. The van der Waals surface area contributed by atoms with E-state index in [1.54, 1.807) is 0 Å². The van der Waals surface area contributed by atoms with Crippen LogP contribution in [-0.2, 0) is 0 Å². The highest BCUT2D eigenvalue weighted by Gasteiger charge is 2.09. The quantitative estimate of drug-likeness (QED) is 0.486. The van der Waals surface area contributed by atoms with Gasteiger partial charge in [-0.1, -0.05) is 60.1 Å². The van der Waals surface area contributed by atoms with Crippen LogP contribution in [0.15, 0.2) is 53.0 Å². The molecule has 78 valence electrons. The van der Waals surface area contributed by atoms with Gasteiger partial charge in [-0.3, -0.25) is 0 Å². The van der Waals surface area contributed by atoms with Gasteiger partial charge in [-0.2, -0.15) is 0 Å². The van der Waals surface area contributed by atoms with E-state index in [0.717, 1.165) is 31.0 Å². The van der Waals surface area contributed by atoms with Gasteiger partial charge in [-0.05, 0) is 26.7 Å². The third kappa shape index (κ3) is 1.35. The van der Waals surface area contributed by atoms with Gasteiger partial charge in [0.15, 0.2) is 0 Å². The summed E-state index contributed by atoms with van der Waals surface area (Å²) in [7, 11) is 0. The molecule has 0 N–H and O–H groups in total. The zero-order valence-corrected chi connectivity index (χ0v) is 10.7. The van der Waals surface area contributed by atoms with E-state index in [2.05, 4.69) is 40.2 Å². The molecule has 0 fully saturated rings. The molecule has 0 heterocycles. The maximum atomic E-state index is 6.43. The highest BCUT2D eigenvalue weighted by molar-refractivity contribution is 9.10. The molecule has 0 saturated carbocycles. The van der Waals surface area contributed by atoms with Crippen molar-refractivity contribution in [3.8, 4) is 0 Å². The van der Waals surface area contributed by atoms with Crippen LogP contribution in [0, 0.1) is 0 Å². The molecule has 0 radical (unpaired) electrons. The first-order valence-electron chi connectivity index (χ1n) is 5.03. The predicted octanol–water partition coefficient (Wildman–Crippen LogP) is 5.41. The van der Waals surface area contributed by atoms with Crippen molar-refractivity contribution in [2.75, 3.05) is 0 Å². The van der Waals surface area contributed by atoms with Crippen LogP contribution in [0.1, 0.15) is 0 Å². The minimum atomic E-state index is 0.828. The van der Waals surface area contributed by atoms with Crippen molar-refractivity contribution in [1.82, 2.24) is 0 Å². The molecule has 3 rings (SSSR count). The molecule has 2 heteroatoms. The fourth-order valence-electron chi connectivity index (χ4n) is 2.02. The molecule has 0 amide bonds. The fourth-order valence-corrected chi connectivity index (χ4v) is 3.04. The predicted molar refractivity (Wildman–Crippen MR) is 74.2 cm³/mol. The van der Waals surface area contributed by atoms with Crippen LogP contribution in [0.25, 0.3) is 21.5 Å². The molecular weight excluding hydrogens is 284 g/mol. The first kappa shape index (κ1) is 10.1. The zero-order valence-electron chi connectivity index (χ0n) is 8.37. The van der Waals surface area contributed by atoms with Crippen LogP contribution in [-0.4, -0.2) is 0 Å².